The molecular formula is C25H24N6O2S3. The van der Waals surface area contributed by atoms with Gasteiger partial charge in [-0.15, -0.1) is 22.7 Å². The summed E-state index contributed by atoms with van der Waals surface area (Å²) in [5, 5.41) is 3.60. The van der Waals surface area contributed by atoms with Gasteiger partial charge in [-0.1, -0.05) is 18.2 Å². The number of thiazole rings is 1. The Morgan fingerprint density at radius 1 is 1.14 bits per heavy atom. The molecule has 1 aliphatic heterocycles. The van der Waals surface area contributed by atoms with E-state index in [1.165, 1.54) is 20.5 Å². The molecule has 6 rings (SSSR count). The second kappa shape index (κ2) is 9.40. The molecule has 0 aliphatic carbocycles. The van der Waals surface area contributed by atoms with Gasteiger partial charge in [-0.25, -0.2) is 23.4 Å². The van der Waals surface area contributed by atoms with Gasteiger partial charge in [0.05, 0.1) is 16.9 Å². The molecule has 5 heterocycles. The largest absolute Gasteiger partial charge is 0.351 e. The molecule has 5 aromatic rings. The zero-order valence-corrected chi connectivity index (χ0v) is 22.0. The van der Waals surface area contributed by atoms with Crippen LogP contribution in [-0.4, -0.2) is 53.4 Å². The molecule has 0 radical (unpaired) electrons. The molecule has 1 fully saturated rings. The van der Waals surface area contributed by atoms with Gasteiger partial charge in [-0.3, -0.25) is 9.21 Å². The number of thiophene rings is 1. The van der Waals surface area contributed by atoms with Crippen LogP contribution in [0.4, 0.5) is 5.69 Å². The summed E-state index contributed by atoms with van der Waals surface area (Å²) >= 11 is 2.87. The number of likely N-dealkylation sites (tertiary alicyclic amines) is 1. The fourth-order valence-electron chi connectivity index (χ4n) is 4.63. The third kappa shape index (κ3) is 4.32. The lowest BCUT2D eigenvalue weighted by Gasteiger charge is -2.19. The zero-order chi connectivity index (χ0) is 24.7. The molecule has 11 heteroatoms. The van der Waals surface area contributed by atoms with E-state index < -0.39 is 10.0 Å². The van der Waals surface area contributed by atoms with Gasteiger partial charge in [0, 0.05) is 54.9 Å². The van der Waals surface area contributed by atoms with Crippen molar-refractivity contribution in [2.75, 3.05) is 24.4 Å². The first-order valence-electron chi connectivity index (χ1n) is 11.6. The van der Waals surface area contributed by atoms with Gasteiger partial charge in [0.1, 0.15) is 15.0 Å². The maximum Gasteiger partial charge on any atom is 0.273 e. The highest BCUT2D eigenvalue weighted by atomic mass is 32.2. The number of nitrogens with one attached hydrogen (secondary N) is 1. The predicted molar refractivity (Wildman–Crippen MR) is 144 cm³/mol. The molecule has 8 nitrogen and oxygen atoms in total. The van der Waals surface area contributed by atoms with Crippen LogP contribution in [-0.2, 0) is 16.6 Å². The van der Waals surface area contributed by atoms with Crippen LogP contribution >= 0.6 is 22.7 Å². The number of nitrogens with zero attached hydrogens (tertiary/aromatic N) is 5. The van der Waals surface area contributed by atoms with Crippen LogP contribution in [0, 0.1) is 0 Å². The summed E-state index contributed by atoms with van der Waals surface area (Å²) in [6, 6.07) is 12.9. The quantitative estimate of drug-likeness (QED) is 0.316. The van der Waals surface area contributed by atoms with Crippen molar-refractivity contribution in [2.45, 2.75) is 23.1 Å². The van der Waals surface area contributed by atoms with Crippen molar-refractivity contribution in [2.24, 2.45) is 0 Å². The molecular weight excluding hydrogens is 513 g/mol. The minimum atomic E-state index is -3.63. The van der Waals surface area contributed by atoms with Crippen LogP contribution in [0.25, 0.3) is 21.6 Å². The number of sulfonamides is 1. The Labute approximate surface area is 217 Å². The molecule has 0 spiro atoms. The third-order valence-corrected chi connectivity index (χ3v) is 10.6. The van der Waals surface area contributed by atoms with Gasteiger partial charge in [-0.2, -0.15) is 0 Å². The molecule has 0 saturated carbocycles. The minimum absolute atomic E-state index is 0.321. The number of aromatic amines is 1. The van der Waals surface area contributed by atoms with Crippen molar-refractivity contribution >= 4 is 49.3 Å². The van der Waals surface area contributed by atoms with E-state index in [0.29, 0.717) is 15.8 Å². The lowest BCUT2D eigenvalue weighted by Crippen LogP contribution is -2.26. The highest BCUT2D eigenvalue weighted by Crippen LogP contribution is 2.35. The molecule has 1 atom stereocenters. The summed E-state index contributed by atoms with van der Waals surface area (Å²) in [7, 11) is -2.03. The monoisotopic (exact) mass is 536 g/mol. The first kappa shape index (κ1) is 23.3. The Morgan fingerprint density at radius 2 is 2.00 bits per heavy atom. The van der Waals surface area contributed by atoms with Gasteiger partial charge in [-0.05, 0) is 42.6 Å². The summed E-state index contributed by atoms with van der Waals surface area (Å²) in [6.07, 6.45) is 6.61. The summed E-state index contributed by atoms with van der Waals surface area (Å²) in [5.74, 6) is 1.29. The Balaban J connectivity index is 1.22. The second-order valence-electron chi connectivity index (χ2n) is 8.79. The maximum atomic E-state index is 13.1. The standard InChI is InChI=1S/C25H24N6O2S3/c1-30(36(32,33)22-7-3-12-34-22)21-6-2-5-17-13-20(29-23(17)21)25-28-14-19(35-25)16-31-11-8-18(15-31)24-26-9-4-10-27-24/h2-7,9-10,12-14,18,29H,8,11,15-16H2,1H3. The number of hydrogen-bond acceptors (Lipinski definition) is 8. The fourth-order valence-corrected chi connectivity index (χ4v) is 7.92. The average molecular weight is 537 g/mol. The van der Waals surface area contributed by atoms with Crippen LogP contribution in [0.2, 0.25) is 0 Å². The Hall–Kier alpha value is -3.12. The molecule has 1 N–H and O–H groups in total. The van der Waals surface area contributed by atoms with Crippen LogP contribution in [0.15, 0.2) is 70.6 Å². The molecule has 1 unspecified atom stereocenters. The average Bonchev–Trinajstić information content (AvgIpc) is 3.70. The topological polar surface area (TPSA) is 95.1 Å². The lowest BCUT2D eigenvalue weighted by atomic mass is 10.1. The lowest BCUT2D eigenvalue weighted by molar-refractivity contribution is 0.328. The van der Waals surface area contributed by atoms with E-state index in [1.54, 1.807) is 35.9 Å². The van der Waals surface area contributed by atoms with Gasteiger partial charge in [0.2, 0.25) is 0 Å². The van der Waals surface area contributed by atoms with Crippen LogP contribution in [0.3, 0.4) is 0 Å². The van der Waals surface area contributed by atoms with Gasteiger partial charge in [0.15, 0.2) is 0 Å². The maximum absolute atomic E-state index is 13.1. The fraction of sp³-hybridized carbons (Fsp3) is 0.240. The number of aromatic nitrogens is 4. The first-order chi connectivity index (χ1) is 17.5. The number of rotatable bonds is 7. The van der Waals surface area contributed by atoms with E-state index >= 15 is 0 Å². The molecule has 4 aromatic heterocycles. The van der Waals surface area contributed by atoms with Crippen LogP contribution < -0.4 is 4.31 Å². The molecule has 36 heavy (non-hydrogen) atoms. The van der Waals surface area contributed by atoms with Crippen LogP contribution in [0.5, 0.6) is 0 Å². The normalized spacial score (nSPS) is 16.6. The molecule has 184 valence electrons. The van der Waals surface area contributed by atoms with E-state index in [9.17, 15) is 8.42 Å². The molecule has 0 bridgehead atoms. The van der Waals surface area contributed by atoms with Crippen molar-refractivity contribution < 1.29 is 8.42 Å². The van der Waals surface area contributed by atoms with Gasteiger partial charge >= 0.3 is 0 Å². The Morgan fingerprint density at radius 3 is 2.81 bits per heavy atom. The zero-order valence-electron chi connectivity index (χ0n) is 19.5. The number of fused-ring (bicyclic) bond motifs is 1. The molecule has 1 aliphatic rings. The smallest absolute Gasteiger partial charge is 0.273 e. The number of hydrogen-bond donors (Lipinski definition) is 1. The van der Waals surface area contributed by atoms with Crippen molar-refractivity contribution in [1.29, 1.82) is 0 Å². The molecule has 1 saturated heterocycles. The minimum Gasteiger partial charge on any atom is -0.351 e. The number of para-hydroxylation sites is 1. The van der Waals surface area contributed by atoms with Crippen molar-refractivity contribution in [3.8, 4) is 10.7 Å². The van der Waals surface area contributed by atoms with E-state index in [0.717, 1.165) is 53.5 Å². The van der Waals surface area contributed by atoms with Crippen molar-refractivity contribution in [3.63, 3.8) is 0 Å². The van der Waals surface area contributed by atoms with Crippen molar-refractivity contribution in [1.82, 2.24) is 24.8 Å². The van der Waals surface area contributed by atoms with Gasteiger partial charge < -0.3 is 4.98 Å². The van der Waals surface area contributed by atoms with Gasteiger partial charge in [0.25, 0.3) is 10.0 Å². The summed E-state index contributed by atoms with van der Waals surface area (Å²) in [5.41, 5.74) is 2.26. The first-order valence-corrected chi connectivity index (χ1v) is 14.7. The SMILES string of the molecule is CN(c1cccc2cc(-c3ncc(CN4CCC(c5ncccn5)C4)s3)[nH]c12)S(=O)(=O)c1cccs1. The van der Waals surface area contributed by atoms with E-state index in [4.69, 9.17) is 0 Å². The van der Waals surface area contributed by atoms with E-state index in [1.807, 2.05) is 48.9 Å². The van der Waals surface area contributed by atoms with E-state index in [2.05, 4.69) is 24.8 Å². The Bertz CT molecular complexity index is 1600. The molecule has 1 aromatic carbocycles. The van der Waals surface area contributed by atoms with Crippen LogP contribution in [0.1, 0.15) is 23.0 Å². The highest BCUT2D eigenvalue weighted by molar-refractivity contribution is 7.94. The number of benzene rings is 1. The summed E-state index contributed by atoms with van der Waals surface area (Å²) in [4.78, 5) is 20.6. The van der Waals surface area contributed by atoms with Crippen molar-refractivity contribution in [3.05, 3.63) is 77.1 Å². The number of anilines is 1. The Kier molecular flexibility index (Phi) is 6.08. The second-order valence-corrected chi connectivity index (χ2v) is 13.0. The predicted octanol–water partition coefficient (Wildman–Crippen LogP) is 4.96. The van der Waals surface area contributed by atoms with E-state index in [-0.39, 0.29) is 0 Å². The highest BCUT2D eigenvalue weighted by Gasteiger charge is 2.27. The third-order valence-electron chi connectivity index (χ3n) is 6.47. The number of H-pyrrole nitrogens is 1. The summed E-state index contributed by atoms with van der Waals surface area (Å²) < 4.78 is 27.9. The summed E-state index contributed by atoms with van der Waals surface area (Å²) in [6.45, 7) is 2.79. The molecule has 0 amide bonds.